The van der Waals surface area contributed by atoms with E-state index in [0.717, 1.165) is 38.1 Å². The molecule has 36 heavy (non-hydrogen) atoms. The van der Waals surface area contributed by atoms with Gasteiger partial charge in [0.05, 0.1) is 15.8 Å². The van der Waals surface area contributed by atoms with Crippen molar-refractivity contribution in [2.75, 3.05) is 5.73 Å². The van der Waals surface area contributed by atoms with Crippen LogP contribution in [0.5, 0.6) is 0 Å². The Labute approximate surface area is 217 Å². The average Bonchev–Trinajstić information content (AvgIpc) is 3.15. The molecule has 3 N–H and O–H groups in total. The summed E-state index contributed by atoms with van der Waals surface area (Å²) in [5.74, 6) is -1.04. The molecule has 1 aromatic heterocycles. The second-order valence-corrected chi connectivity index (χ2v) is 11.6. The maximum Gasteiger partial charge on any atom is 0.337 e. The Morgan fingerprint density at radius 3 is 1.92 bits per heavy atom. The Kier molecular flexibility index (Phi) is 6.71. The van der Waals surface area contributed by atoms with E-state index in [0.29, 0.717) is 16.2 Å². The molecule has 0 radical (unpaired) electrons. The number of aliphatic carboxylic acids is 1. The molecule has 1 heterocycles. The number of carbonyl (C=O) groups is 1. The predicted molar refractivity (Wildman–Crippen MR) is 150 cm³/mol. The molecule has 0 aliphatic carbocycles. The number of nitrogens with zero attached hydrogens (tertiary/aromatic N) is 1. The summed E-state index contributed by atoms with van der Waals surface area (Å²) in [7, 11) is 0. The van der Waals surface area contributed by atoms with Gasteiger partial charge < -0.3 is 15.6 Å². The smallest absolute Gasteiger partial charge is 0.337 e. The molecular formula is C30H34N2O3S. The number of hydrogen-bond acceptors (Lipinski definition) is 5. The Hall–Kier alpha value is -3.22. The first-order valence-electron chi connectivity index (χ1n) is 12.1. The second-order valence-electron chi connectivity index (χ2n) is 10.6. The maximum absolute atomic E-state index is 12.7. The van der Waals surface area contributed by atoms with Gasteiger partial charge in [-0.15, -0.1) is 0 Å². The molecule has 1 unspecified atom stereocenters. The molecule has 0 fully saturated rings. The summed E-state index contributed by atoms with van der Waals surface area (Å²) in [6.45, 7) is 16.0. The standard InChI is InChI=1S/C30H34N2O3S/c1-15-9-11-20(13-17(15)3)22-19(5)23(21-12-10-16(2)18(4)14-21)25-27(36-29(31)32-25)24(22)26(28(33)34)35-30(6,7)8/h9-14,26H,1-8H3,(H2,31,32)(H,33,34). The quantitative estimate of drug-likeness (QED) is 0.292. The van der Waals surface area contributed by atoms with Crippen molar-refractivity contribution in [3.63, 3.8) is 0 Å². The van der Waals surface area contributed by atoms with Gasteiger partial charge in [0.25, 0.3) is 0 Å². The normalized spacial score (nSPS) is 12.8. The van der Waals surface area contributed by atoms with E-state index in [2.05, 4.69) is 64.1 Å². The summed E-state index contributed by atoms with van der Waals surface area (Å²) < 4.78 is 6.94. The maximum atomic E-state index is 12.7. The van der Waals surface area contributed by atoms with Crippen LogP contribution in [0.4, 0.5) is 5.13 Å². The minimum atomic E-state index is -1.18. The Morgan fingerprint density at radius 1 is 0.917 bits per heavy atom. The molecule has 1 atom stereocenters. The molecule has 0 spiro atoms. The van der Waals surface area contributed by atoms with Crippen LogP contribution in [0.1, 0.15) is 60.3 Å². The number of carboxylic acids is 1. The SMILES string of the molecule is Cc1ccc(-c2c(C)c(-c3ccc(C)c(C)c3)c3nc(N)sc3c2C(OC(C)(C)C)C(=O)O)cc1C. The Balaban J connectivity index is 2.20. The van der Waals surface area contributed by atoms with Crippen molar-refractivity contribution in [2.24, 2.45) is 0 Å². The van der Waals surface area contributed by atoms with Crippen LogP contribution in [-0.2, 0) is 9.53 Å². The predicted octanol–water partition coefficient (Wildman–Crippen LogP) is 7.70. The molecule has 188 valence electrons. The van der Waals surface area contributed by atoms with Crippen LogP contribution in [0, 0.1) is 34.6 Å². The summed E-state index contributed by atoms with van der Waals surface area (Å²) in [5, 5.41) is 10.8. The molecule has 0 saturated carbocycles. The van der Waals surface area contributed by atoms with Gasteiger partial charge in [-0.05, 0) is 99.9 Å². The molecule has 6 heteroatoms. The Bertz CT molecular complexity index is 1490. The molecule has 4 rings (SSSR count). The number of nitrogens with two attached hydrogens (primary N) is 1. The highest BCUT2D eigenvalue weighted by Gasteiger charge is 2.34. The zero-order valence-corrected chi connectivity index (χ0v) is 23.1. The molecule has 0 bridgehead atoms. The van der Waals surface area contributed by atoms with Gasteiger partial charge >= 0.3 is 5.97 Å². The van der Waals surface area contributed by atoms with E-state index < -0.39 is 17.7 Å². The van der Waals surface area contributed by atoms with Gasteiger partial charge in [-0.3, -0.25) is 0 Å². The van der Waals surface area contributed by atoms with Crippen molar-refractivity contribution in [2.45, 2.75) is 67.1 Å². The van der Waals surface area contributed by atoms with Crippen molar-refractivity contribution in [3.8, 4) is 22.3 Å². The first-order valence-corrected chi connectivity index (χ1v) is 12.9. The highest BCUT2D eigenvalue weighted by atomic mass is 32.1. The monoisotopic (exact) mass is 502 g/mol. The summed E-state index contributed by atoms with van der Waals surface area (Å²) in [4.78, 5) is 17.4. The fraction of sp³-hybridized carbons (Fsp3) is 0.333. The van der Waals surface area contributed by atoms with E-state index in [9.17, 15) is 9.90 Å². The summed E-state index contributed by atoms with van der Waals surface area (Å²) in [6, 6.07) is 12.6. The zero-order chi connectivity index (χ0) is 26.5. The molecule has 5 nitrogen and oxygen atoms in total. The number of fused-ring (bicyclic) bond motifs is 1. The number of anilines is 1. The van der Waals surface area contributed by atoms with Crippen molar-refractivity contribution in [1.82, 2.24) is 4.98 Å². The molecule has 3 aromatic carbocycles. The van der Waals surface area contributed by atoms with Crippen LogP contribution in [0.25, 0.3) is 32.5 Å². The highest BCUT2D eigenvalue weighted by Crippen LogP contribution is 2.48. The van der Waals surface area contributed by atoms with E-state index in [4.69, 9.17) is 15.5 Å². The van der Waals surface area contributed by atoms with Crippen LogP contribution >= 0.6 is 11.3 Å². The van der Waals surface area contributed by atoms with Crippen LogP contribution in [0.15, 0.2) is 36.4 Å². The largest absolute Gasteiger partial charge is 0.479 e. The van der Waals surface area contributed by atoms with E-state index in [1.165, 1.54) is 28.0 Å². The molecule has 0 amide bonds. The van der Waals surface area contributed by atoms with Gasteiger partial charge in [-0.2, -0.15) is 0 Å². The van der Waals surface area contributed by atoms with E-state index in [-0.39, 0.29) is 0 Å². The van der Waals surface area contributed by atoms with E-state index in [1.807, 2.05) is 27.7 Å². The van der Waals surface area contributed by atoms with Crippen molar-refractivity contribution in [3.05, 3.63) is 69.8 Å². The van der Waals surface area contributed by atoms with Crippen molar-refractivity contribution in [1.29, 1.82) is 0 Å². The summed E-state index contributed by atoms with van der Waals surface area (Å²) >= 11 is 1.31. The Morgan fingerprint density at radius 2 is 1.44 bits per heavy atom. The number of carboxylic acid groups (broad SMARTS) is 1. The van der Waals surface area contributed by atoms with Crippen LogP contribution in [-0.4, -0.2) is 21.7 Å². The number of ether oxygens (including phenoxy) is 1. The lowest BCUT2D eigenvalue weighted by Crippen LogP contribution is -2.28. The number of rotatable bonds is 5. The van der Waals surface area contributed by atoms with Crippen LogP contribution in [0.2, 0.25) is 0 Å². The minimum absolute atomic E-state index is 0.396. The first kappa shape index (κ1) is 25.9. The second kappa shape index (κ2) is 9.34. The lowest BCUT2D eigenvalue weighted by Gasteiger charge is -2.28. The number of nitrogen functional groups attached to an aromatic ring is 1. The van der Waals surface area contributed by atoms with Gasteiger partial charge in [0.15, 0.2) is 11.2 Å². The minimum Gasteiger partial charge on any atom is -0.479 e. The van der Waals surface area contributed by atoms with Gasteiger partial charge in [0, 0.05) is 11.1 Å². The van der Waals surface area contributed by atoms with Gasteiger partial charge in [-0.25, -0.2) is 9.78 Å². The summed E-state index contributed by atoms with van der Waals surface area (Å²) in [6.07, 6.45) is -1.18. The third-order valence-corrected chi connectivity index (χ3v) is 7.61. The summed E-state index contributed by atoms with van der Waals surface area (Å²) in [5.41, 5.74) is 16.4. The molecule has 0 saturated heterocycles. The number of thiazole rings is 1. The molecular weight excluding hydrogens is 468 g/mol. The fourth-order valence-corrected chi connectivity index (χ4v) is 5.57. The van der Waals surface area contributed by atoms with Crippen molar-refractivity contribution >= 4 is 32.7 Å². The van der Waals surface area contributed by atoms with Gasteiger partial charge in [0.1, 0.15) is 0 Å². The lowest BCUT2D eigenvalue weighted by atomic mass is 9.84. The molecule has 0 aliphatic heterocycles. The van der Waals surface area contributed by atoms with Crippen molar-refractivity contribution < 1.29 is 14.6 Å². The number of aryl methyl sites for hydroxylation is 4. The number of aromatic nitrogens is 1. The number of hydrogen-bond donors (Lipinski definition) is 2. The average molecular weight is 503 g/mol. The first-order chi connectivity index (χ1) is 16.8. The molecule has 0 aliphatic rings. The van der Waals surface area contributed by atoms with Gasteiger partial charge in [0.2, 0.25) is 0 Å². The van der Waals surface area contributed by atoms with Crippen LogP contribution in [0.3, 0.4) is 0 Å². The molecule has 4 aromatic rings. The van der Waals surface area contributed by atoms with E-state index in [1.54, 1.807) is 0 Å². The van der Waals surface area contributed by atoms with E-state index >= 15 is 0 Å². The topological polar surface area (TPSA) is 85.4 Å². The van der Waals surface area contributed by atoms with Gasteiger partial charge in [-0.1, -0.05) is 47.7 Å². The third kappa shape index (κ3) is 4.75. The zero-order valence-electron chi connectivity index (χ0n) is 22.2. The number of benzene rings is 3. The third-order valence-electron chi connectivity index (χ3n) is 6.69. The lowest BCUT2D eigenvalue weighted by molar-refractivity contribution is -0.160. The highest BCUT2D eigenvalue weighted by molar-refractivity contribution is 7.22. The fourth-order valence-electron chi connectivity index (χ4n) is 4.66. The van der Waals surface area contributed by atoms with Crippen LogP contribution < -0.4 is 5.73 Å².